The number of unbranched alkanes of at least 4 members (excludes halogenated alkanes) is 2. The Morgan fingerprint density at radius 2 is 0.937 bits per heavy atom. The van der Waals surface area contributed by atoms with Crippen molar-refractivity contribution in [2.45, 2.75) is 51.6 Å². The van der Waals surface area contributed by atoms with Crippen LogP contribution in [0.2, 0.25) is 0 Å². The number of benzene rings is 6. The zero-order chi connectivity index (χ0) is 44.9. The number of aromatic hydroxyl groups is 2. The molecule has 328 valence electrons. The molecule has 0 heterocycles. The Balaban J connectivity index is 1.01. The number of phenolic OH excluding ortho intramolecular Hbond substituents is 2. The van der Waals surface area contributed by atoms with E-state index in [0.29, 0.717) is 55.3 Å². The van der Waals surface area contributed by atoms with E-state index in [1.165, 1.54) is 12.4 Å². The Morgan fingerprint density at radius 3 is 1.32 bits per heavy atom. The van der Waals surface area contributed by atoms with Crippen LogP contribution in [0.3, 0.4) is 0 Å². The maximum absolute atomic E-state index is 13.4. The van der Waals surface area contributed by atoms with E-state index in [1.807, 2.05) is 50.2 Å². The van der Waals surface area contributed by atoms with E-state index >= 15 is 0 Å². The Hall–Kier alpha value is -4.80. The van der Waals surface area contributed by atoms with Crippen molar-refractivity contribution >= 4 is 121 Å². The first-order valence-electron chi connectivity index (χ1n) is 20.5. The lowest BCUT2D eigenvalue weighted by Crippen LogP contribution is -2.44. The normalized spacial score (nSPS) is 12.5. The number of hydrazone groups is 2. The molecule has 0 aromatic heterocycles. The van der Waals surface area contributed by atoms with Crippen LogP contribution < -0.4 is 20.7 Å². The molecular formula is C48H48Br4N6O5. The van der Waals surface area contributed by atoms with Crippen molar-refractivity contribution in [1.29, 1.82) is 0 Å². The minimum Gasteiger partial charge on any atom is -0.506 e. The number of amides is 2. The summed E-state index contributed by atoms with van der Waals surface area (Å²) in [6.07, 6.45) is 6.28. The highest BCUT2D eigenvalue weighted by atomic mass is 79.9. The summed E-state index contributed by atoms with van der Waals surface area (Å²) in [6.45, 7) is 6.17. The van der Waals surface area contributed by atoms with Gasteiger partial charge in [-0.1, -0.05) is 60.7 Å². The molecule has 6 rings (SSSR count). The maximum Gasteiger partial charge on any atom is 0.262 e. The first-order valence-corrected chi connectivity index (χ1v) is 23.7. The second kappa shape index (κ2) is 23.2. The molecule has 0 aliphatic carbocycles. The van der Waals surface area contributed by atoms with Gasteiger partial charge in [0, 0.05) is 37.7 Å². The van der Waals surface area contributed by atoms with Crippen LogP contribution in [0.5, 0.6) is 11.5 Å². The number of carbonyl (C=O) groups is 2. The highest BCUT2D eigenvalue weighted by Crippen LogP contribution is 2.34. The fraction of sp³-hybridized carbons (Fsp3) is 0.250. The van der Waals surface area contributed by atoms with Gasteiger partial charge in [0.25, 0.3) is 11.8 Å². The van der Waals surface area contributed by atoms with Gasteiger partial charge in [0.05, 0.1) is 30.3 Å². The lowest BCUT2D eigenvalue weighted by atomic mass is 10.1. The summed E-state index contributed by atoms with van der Waals surface area (Å²) in [5.74, 6) is -0.317. The Morgan fingerprint density at radius 1 is 0.571 bits per heavy atom. The first kappa shape index (κ1) is 47.7. The van der Waals surface area contributed by atoms with Crippen LogP contribution in [-0.4, -0.2) is 72.8 Å². The van der Waals surface area contributed by atoms with Gasteiger partial charge in [0.15, 0.2) is 0 Å². The van der Waals surface area contributed by atoms with Gasteiger partial charge in [-0.05, 0) is 184 Å². The van der Waals surface area contributed by atoms with Crippen LogP contribution in [0.1, 0.15) is 50.7 Å². The number of hydrogen-bond donors (Lipinski definition) is 4. The number of phenols is 2. The van der Waals surface area contributed by atoms with Gasteiger partial charge in [0.2, 0.25) is 0 Å². The van der Waals surface area contributed by atoms with E-state index < -0.39 is 12.1 Å². The summed E-state index contributed by atoms with van der Waals surface area (Å²) in [6, 6.07) is 34.6. The van der Waals surface area contributed by atoms with Gasteiger partial charge in [-0.3, -0.25) is 9.59 Å². The molecule has 0 saturated carbocycles. The second-order valence-electron chi connectivity index (χ2n) is 15.0. The van der Waals surface area contributed by atoms with Crippen LogP contribution in [0.15, 0.2) is 137 Å². The average molecular weight is 1110 g/mol. The molecule has 2 amide bonds. The highest BCUT2D eigenvalue weighted by Gasteiger charge is 2.23. The number of ether oxygens (including phenoxy) is 1. The van der Waals surface area contributed by atoms with Crippen LogP contribution in [-0.2, 0) is 14.3 Å². The van der Waals surface area contributed by atoms with E-state index in [0.717, 1.165) is 58.6 Å². The van der Waals surface area contributed by atoms with Crippen molar-refractivity contribution in [3.05, 3.63) is 138 Å². The number of rotatable bonds is 20. The molecule has 4 N–H and O–H groups in total. The van der Waals surface area contributed by atoms with Crippen molar-refractivity contribution in [3.63, 3.8) is 0 Å². The topological polar surface area (TPSA) is 139 Å². The van der Waals surface area contributed by atoms with Crippen LogP contribution in [0, 0.1) is 0 Å². The molecule has 2 atom stereocenters. The van der Waals surface area contributed by atoms with Gasteiger partial charge < -0.3 is 24.7 Å². The van der Waals surface area contributed by atoms with Crippen LogP contribution in [0.25, 0.3) is 21.5 Å². The summed E-state index contributed by atoms with van der Waals surface area (Å²) in [5, 5.41) is 32.9. The van der Waals surface area contributed by atoms with Crippen molar-refractivity contribution in [1.82, 2.24) is 10.9 Å². The van der Waals surface area contributed by atoms with Crippen LogP contribution >= 0.6 is 63.7 Å². The van der Waals surface area contributed by atoms with Crippen molar-refractivity contribution in [2.75, 3.05) is 36.1 Å². The second-order valence-corrected chi connectivity index (χ2v) is 18.4. The quantitative estimate of drug-likeness (QED) is 0.0339. The fourth-order valence-electron chi connectivity index (χ4n) is 7.01. The smallest absolute Gasteiger partial charge is 0.262 e. The maximum atomic E-state index is 13.4. The van der Waals surface area contributed by atoms with Crippen molar-refractivity contribution in [2.24, 2.45) is 10.2 Å². The Bertz CT molecular complexity index is 2390. The standard InChI is InChI=1S/C48H48Br4N6O5/c1-31(47(61)55-53-29-33-23-41(49)45(59)42(50)24-33)57(39-17-15-35-11-3-5-13-37(35)27-39)19-7-9-21-63-22-10-8-20-58(40-18-16-36-12-4-6-14-38(36)28-40)32(2)48(62)56-54-30-34-25-43(51)46(60)44(52)26-34/h3-6,11-18,23-32,59-60H,7-10,19-22H2,1-2H3,(H,55,61)(H,56,62)/b53-29+,54-30+. The van der Waals surface area contributed by atoms with Gasteiger partial charge in [-0.15, -0.1) is 0 Å². The van der Waals surface area contributed by atoms with Crippen molar-refractivity contribution in [3.8, 4) is 11.5 Å². The Kier molecular flexibility index (Phi) is 17.6. The number of halogens is 4. The average Bonchev–Trinajstić information content (AvgIpc) is 3.28. The molecule has 0 bridgehead atoms. The third-order valence-corrected chi connectivity index (χ3v) is 13.0. The molecule has 0 aliphatic heterocycles. The van der Waals surface area contributed by atoms with Gasteiger partial charge in [0.1, 0.15) is 23.6 Å². The summed E-state index contributed by atoms with van der Waals surface area (Å²) >= 11 is 13.3. The number of anilines is 2. The Labute approximate surface area is 401 Å². The zero-order valence-electron chi connectivity index (χ0n) is 34.8. The van der Waals surface area contributed by atoms with E-state index in [9.17, 15) is 19.8 Å². The largest absolute Gasteiger partial charge is 0.506 e. The minimum absolute atomic E-state index is 0.0909. The van der Waals surface area contributed by atoms with E-state index in [-0.39, 0.29) is 23.3 Å². The molecule has 2 unspecified atom stereocenters. The summed E-state index contributed by atoms with van der Waals surface area (Å²) in [5.41, 5.74) is 8.66. The fourth-order valence-corrected chi connectivity index (χ4v) is 9.45. The third-order valence-electron chi connectivity index (χ3n) is 10.6. The van der Waals surface area contributed by atoms with E-state index in [2.05, 4.69) is 143 Å². The summed E-state index contributed by atoms with van der Waals surface area (Å²) < 4.78 is 8.15. The molecule has 6 aromatic rings. The molecule has 6 aromatic carbocycles. The number of hydrogen-bond acceptors (Lipinski definition) is 9. The molecule has 15 heteroatoms. The number of nitrogens with one attached hydrogen (secondary N) is 2. The molecule has 0 radical (unpaired) electrons. The molecule has 0 aliphatic rings. The van der Waals surface area contributed by atoms with Gasteiger partial charge >= 0.3 is 0 Å². The molecule has 0 fully saturated rings. The highest BCUT2D eigenvalue weighted by molar-refractivity contribution is 9.11. The minimum atomic E-state index is -0.520. The zero-order valence-corrected chi connectivity index (χ0v) is 41.1. The van der Waals surface area contributed by atoms with Crippen molar-refractivity contribution < 1.29 is 24.5 Å². The molecular weight excluding hydrogens is 1060 g/mol. The molecule has 0 spiro atoms. The predicted octanol–water partition coefficient (Wildman–Crippen LogP) is 11.4. The molecule has 11 nitrogen and oxygen atoms in total. The van der Waals surface area contributed by atoms with Gasteiger partial charge in [-0.25, -0.2) is 10.9 Å². The van der Waals surface area contributed by atoms with E-state index in [4.69, 9.17) is 4.74 Å². The van der Waals surface area contributed by atoms with Crippen LogP contribution in [0.4, 0.5) is 11.4 Å². The first-order chi connectivity index (χ1) is 30.4. The lowest BCUT2D eigenvalue weighted by molar-refractivity contribution is -0.122. The summed E-state index contributed by atoms with van der Waals surface area (Å²) in [7, 11) is 0. The lowest BCUT2D eigenvalue weighted by Gasteiger charge is -2.30. The number of nitrogens with zero attached hydrogens (tertiary/aromatic N) is 4. The predicted molar refractivity (Wildman–Crippen MR) is 269 cm³/mol. The van der Waals surface area contributed by atoms with Gasteiger partial charge in [-0.2, -0.15) is 10.2 Å². The third kappa shape index (κ3) is 13.1. The molecule has 63 heavy (non-hydrogen) atoms. The number of carbonyl (C=O) groups excluding carboxylic acids is 2. The number of fused-ring (bicyclic) bond motifs is 2. The molecule has 0 saturated heterocycles. The monoisotopic (exact) mass is 1100 g/mol. The van der Waals surface area contributed by atoms with E-state index in [1.54, 1.807) is 24.3 Å². The SMILES string of the molecule is CC(C(=O)N/N=C/c1cc(Br)c(O)c(Br)c1)N(CCCCOCCCCN(c1ccc2ccccc2c1)C(C)C(=O)N/N=C/c1cc(Br)c(O)c(Br)c1)c1ccc2ccccc2c1. The summed E-state index contributed by atoms with van der Waals surface area (Å²) in [4.78, 5) is 31.1.